The van der Waals surface area contributed by atoms with E-state index in [2.05, 4.69) is 60.2 Å². The maximum absolute atomic E-state index is 12.3. The Hall–Kier alpha value is -2.47. The van der Waals surface area contributed by atoms with E-state index in [9.17, 15) is 4.79 Å². The lowest BCUT2D eigenvalue weighted by molar-refractivity contribution is 0.590. The van der Waals surface area contributed by atoms with Gasteiger partial charge in [0.15, 0.2) is 5.82 Å². The van der Waals surface area contributed by atoms with Gasteiger partial charge in [0.2, 0.25) is 0 Å². The van der Waals surface area contributed by atoms with Gasteiger partial charge in [-0.15, -0.1) is 0 Å². The maximum atomic E-state index is 12.3. The molecule has 0 saturated heterocycles. The Morgan fingerprint density at radius 2 is 1.88 bits per heavy atom. The summed E-state index contributed by atoms with van der Waals surface area (Å²) in [5, 5.41) is 6.30. The zero-order valence-electron chi connectivity index (χ0n) is 15.3. The van der Waals surface area contributed by atoms with Crippen LogP contribution in [0.4, 0.5) is 0 Å². The molecule has 25 heavy (non-hydrogen) atoms. The Morgan fingerprint density at radius 1 is 1.16 bits per heavy atom. The van der Waals surface area contributed by atoms with E-state index in [4.69, 9.17) is 0 Å². The van der Waals surface area contributed by atoms with E-state index in [0.29, 0.717) is 23.8 Å². The SMILES string of the molecule is CCCNCc1cc(=O)n2[nH]c(-c3ccc(C(C)(C)C)cc3)nc2n1. The lowest BCUT2D eigenvalue weighted by atomic mass is 9.87. The molecule has 6 heteroatoms. The first-order chi connectivity index (χ1) is 11.9. The molecule has 0 bridgehead atoms. The van der Waals surface area contributed by atoms with Gasteiger partial charge < -0.3 is 5.32 Å². The normalized spacial score (nSPS) is 12.0. The summed E-state index contributed by atoms with van der Waals surface area (Å²) < 4.78 is 1.39. The lowest BCUT2D eigenvalue weighted by Crippen LogP contribution is -2.20. The van der Waals surface area contributed by atoms with Crippen molar-refractivity contribution in [1.82, 2.24) is 24.9 Å². The fourth-order valence-corrected chi connectivity index (χ4v) is 2.67. The van der Waals surface area contributed by atoms with Crippen LogP contribution in [0.2, 0.25) is 0 Å². The number of nitrogens with one attached hydrogen (secondary N) is 2. The van der Waals surface area contributed by atoms with Gasteiger partial charge in [0.05, 0.1) is 5.69 Å². The molecule has 3 aromatic rings. The van der Waals surface area contributed by atoms with Crippen LogP contribution in [-0.4, -0.2) is 26.1 Å². The van der Waals surface area contributed by atoms with E-state index >= 15 is 0 Å². The molecule has 0 aliphatic rings. The topological polar surface area (TPSA) is 75.1 Å². The smallest absolute Gasteiger partial charge is 0.274 e. The molecule has 2 N–H and O–H groups in total. The maximum Gasteiger partial charge on any atom is 0.274 e. The highest BCUT2D eigenvalue weighted by Gasteiger charge is 2.14. The summed E-state index contributed by atoms with van der Waals surface area (Å²) in [7, 11) is 0. The van der Waals surface area contributed by atoms with Gasteiger partial charge in [-0.25, -0.2) is 4.98 Å². The van der Waals surface area contributed by atoms with Crippen molar-refractivity contribution in [3.8, 4) is 11.4 Å². The fourth-order valence-electron chi connectivity index (χ4n) is 2.67. The van der Waals surface area contributed by atoms with E-state index in [0.717, 1.165) is 18.5 Å². The molecule has 0 amide bonds. The molecular formula is C19H25N5O. The molecule has 0 spiro atoms. The predicted molar refractivity (Wildman–Crippen MR) is 99.7 cm³/mol. The highest BCUT2D eigenvalue weighted by atomic mass is 16.1. The zero-order valence-corrected chi connectivity index (χ0v) is 15.3. The second kappa shape index (κ2) is 6.80. The molecule has 0 saturated carbocycles. The Labute approximate surface area is 147 Å². The third-order valence-corrected chi connectivity index (χ3v) is 4.14. The van der Waals surface area contributed by atoms with Crippen LogP contribution in [0, 0.1) is 0 Å². The number of H-pyrrole nitrogens is 1. The summed E-state index contributed by atoms with van der Waals surface area (Å²) in [6.07, 6.45) is 1.04. The standard InChI is InChI=1S/C19H25N5O/c1-5-10-20-12-15-11-16(25)24-18(21-15)22-17(23-24)13-6-8-14(9-7-13)19(2,3)4/h6-9,11,20H,5,10,12H2,1-4H3,(H,21,22,23). The van der Waals surface area contributed by atoms with Crippen molar-refractivity contribution in [2.75, 3.05) is 6.54 Å². The Morgan fingerprint density at radius 3 is 2.52 bits per heavy atom. The average molecular weight is 339 g/mol. The fraction of sp³-hybridized carbons (Fsp3) is 0.421. The minimum absolute atomic E-state index is 0.102. The summed E-state index contributed by atoms with van der Waals surface area (Å²) in [5.41, 5.74) is 2.85. The van der Waals surface area contributed by atoms with Gasteiger partial charge in [0, 0.05) is 18.2 Å². The summed E-state index contributed by atoms with van der Waals surface area (Å²) >= 11 is 0. The van der Waals surface area contributed by atoms with Gasteiger partial charge in [-0.2, -0.15) is 9.50 Å². The van der Waals surface area contributed by atoms with Crippen LogP contribution in [0.15, 0.2) is 35.1 Å². The van der Waals surface area contributed by atoms with Crippen LogP contribution >= 0.6 is 0 Å². The highest BCUT2D eigenvalue weighted by Crippen LogP contribution is 2.24. The quantitative estimate of drug-likeness (QED) is 0.701. The molecule has 0 atom stereocenters. The Kier molecular flexibility index (Phi) is 4.72. The van der Waals surface area contributed by atoms with Gasteiger partial charge in [-0.05, 0) is 23.9 Å². The van der Waals surface area contributed by atoms with Gasteiger partial charge in [-0.3, -0.25) is 9.89 Å². The third kappa shape index (κ3) is 3.79. The molecule has 0 unspecified atom stereocenters. The van der Waals surface area contributed by atoms with Crippen LogP contribution in [0.5, 0.6) is 0 Å². The lowest BCUT2D eigenvalue weighted by Gasteiger charge is -2.18. The van der Waals surface area contributed by atoms with Gasteiger partial charge in [0.1, 0.15) is 0 Å². The van der Waals surface area contributed by atoms with Crippen molar-refractivity contribution in [2.24, 2.45) is 0 Å². The van der Waals surface area contributed by atoms with Crippen LogP contribution < -0.4 is 10.9 Å². The van der Waals surface area contributed by atoms with E-state index < -0.39 is 0 Å². The molecular weight excluding hydrogens is 314 g/mol. The van der Waals surface area contributed by atoms with Gasteiger partial charge >= 0.3 is 0 Å². The van der Waals surface area contributed by atoms with E-state index in [1.165, 1.54) is 10.1 Å². The van der Waals surface area contributed by atoms with Gasteiger partial charge in [-0.1, -0.05) is 52.0 Å². The largest absolute Gasteiger partial charge is 0.311 e. The molecule has 3 rings (SSSR count). The molecule has 2 aromatic heterocycles. The van der Waals surface area contributed by atoms with Crippen molar-refractivity contribution >= 4 is 5.78 Å². The van der Waals surface area contributed by atoms with Crippen LogP contribution in [0.3, 0.4) is 0 Å². The molecule has 0 aliphatic heterocycles. The molecule has 0 aliphatic carbocycles. The van der Waals surface area contributed by atoms with Crippen molar-refractivity contribution in [2.45, 2.75) is 46.1 Å². The number of hydrogen-bond donors (Lipinski definition) is 2. The highest BCUT2D eigenvalue weighted by molar-refractivity contribution is 5.57. The summed E-state index contributed by atoms with van der Waals surface area (Å²) in [6.45, 7) is 10.1. The molecule has 0 fully saturated rings. The van der Waals surface area contributed by atoms with Crippen molar-refractivity contribution < 1.29 is 0 Å². The van der Waals surface area contributed by atoms with E-state index in [-0.39, 0.29) is 11.0 Å². The third-order valence-electron chi connectivity index (χ3n) is 4.14. The number of nitrogens with zero attached hydrogens (tertiary/aromatic N) is 3. The summed E-state index contributed by atoms with van der Waals surface area (Å²) in [5.74, 6) is 1.04. The number of fused-ring (bicyclic) bond motifs is 1. The van der Waals surface area contributed by atoms with Crippen molar-refractivity contribution in [3.05, 3.63) is 51.9 Å². The first kappa shape index (κ1) is 17.4. The van der Waals surface area contributed by atoms with Crippen molar-refractivity contribution in [1.29, 1.82) is 0 Å². The minimum atomic E-state index is -0.150. The summed E-state index contributed by atoms with van der Waals surface area (Å²) in [6, 6.07) is 9.78. The van der Waals surface area contributed by atoms with E-state index in [1.54, 1.807) is 6.07 Å². The van der Waals surface area contributed by atoms with Crippen LogP contribution in [0.1, 0.15) is 45.4 Å². The minimum Gasteiger partial charge on any atom is -0.311 e. The molecule has 132 valence electrons. The first-order valence-electron chi connectivity index (χ1n) is 8.69. The molecule has 1 aromatic carbocycles. The first-order valence-corrected chi connectivity index (χ1v) is 8.69. The molecule has 2 heterocycles. The number of benzene rings is 1. The van der Waals surface area contributed by atoms with Crippen LogP contribution in [0.25, 0.3) is 17.2 Å². The number of hydrogen-bond acceptors (Lipinski definition) is 4. The second-order valence-corrected chi connectivity index (χ2v) is 7.30. The average Bonchev–Trinajstić information content (AvgIpc) is 2.99. The van der Waals surface area contributed by atoms with Crippen LogP contribution in [-0.2, 0) is 12.0 Å². The zero-order chi connectivity index (χ0) is 18.0. The predicted octanol–water partition coefficient (Wildman–Crippen LogP) is 2.88. The van der Waals surface area contributed by atoms with Crippen molar-refractivity contribution in [3.63, 3.8) is 0 Å². The summed E-state index contributed by atoms with van der Waals surface area (Å²) in [4.78, 5) is 21.2. The van der Waals surface area contributed by atoms with Gasteiger partial charge in [0.25, 0.3) is 11.3 Å². The molecule has 0 radical (unpaired) electrons. The number of rotatable bonds is 5. The Balaban J connectivity index is 1.93. The Bertz CT molecular complexity index is 916. The number of aromatic amines is 1. The monoisotopic (exact) mass is 339 g/mol. The van der Waals surface area contributed by atoms with E-state index in [1.807, 2.05) is 12.1 Å². The second-order valence-electron chi connectivity index (χ2n) is 7.30. The molecule has 6 nitrogen and oxygen atoms in total. The number of aromatic nitrogens is 4.